The Balaban J connectivity index is 3.03. The van der Waals surface area contributed by atoms with E-state index in [0.717, 1.165) is 6.07 Å². The van der Waals surface area contributed by atoms with Crippen LogP contribution in [-0.4, -0.2) is 47.7 Å². The van der Waals surface area contributed by atoms with Gasteiger partial charge in [-0.2, -0.15) is 0 Å². The van der Waals surface area contributed by atoms with Crippen LogP contribution in [0.3, 0.4) is 0 Å². The van der Waals surface area contributed by atoms with E-state index in [1.165, 1.54) is 17.0 Å². The van der Waals surface area contributed by atoms with Crippen molar-refractivity contribution in [1.82, 2.24) is 4.90 Å². The molecule has 1 amide bonds. The van der Waals surface area contributed by atoms with Gasteiger partial charge in [-0.3, -0.25) is 9.59 Å². The van der Waals surface area contributed by atoms with Crippen molar-refractivity contribution < 1.29 is 23.8 Å². The molecule has 0 heterocycles. The summed E-state index contributed by atoms with van der Waals surface area (Å²) in [5, 5.41) is 9.45. The molecule has 1 atom stereocenters. The number of carbonyl (C=O) groups excluding carboxylic acids is 2. The van der Waals surface area contributed by atoms with Crippen molar-refractivity contribution in [2.45, 2.75) is 32.7 Å². The lowest BCUT2D eigenvalue weighted by atomic mass is 10.1. The van der Waals surface area contributed by atoms with Gasteiger partial charge in [-0.15, -0.1) is 0 Å². The van der Waals surface area contributed by atoms with Gasteiger partial charge in [0.1, 0.15) is 5.82 Å². The average molecular weight is 346 g/mol. The van der Waals surface area contributed by atoms with Crippen LogP contribution in [0.5, 0.6) is 0 Å². The molecule has 1 N–H and O–H groups in total. The molecule has 7 heteroatoms. The number of aliphatic hydroxyl groups excluding tert-OH is 1. The molecule has 0 spiro atoms. The Morgan fingerprint density at radius 3 is 2.61 bits per heavy atom. The highest BCUT2D eigenvalue weighted by molar-refractivity contribution is 6.33. The van der Waals surface area contributed by atoms with E-state index in [2.05, 4.69) is 0 Å². The first-order chi connectivity index (χ1) is 11.0. The van der Waals surface area contributed by atoms with Crippen LogP contribution in [0.4, 0.5) is 4.39 Å². The lowest BCUT2D eigenvalue weighted by Crippen LogP contribution is -2.44. The first-order valence-corrected chi connectivity index (χ1v) is 7.85. The van der Waals surface area contributed by atoms with Gasteiger partial charge in [0.25, 0.3) is 5.91 Å². The lowest BCUT2D eigenvalue weighted by Gasteiger charge is -2.30. The van der Waals surface area contributed by atoms with E-state index in [9.17, 15) is 19.1 Å². The van der Waals surface area contributed by atoms with E-state index >= 15 is 0 Å². The van der Waals surface area contributed by atoms with Crippen molar-refractivity contribution in [3.8, 4) is 0 Å². The highest BCUT2D eigenvalue weighted by atomic mass is 35.5. The molecule has 0 saturated heterocycles. The van der Waals surface area contributed by atoms with Crippen molar-refractivity contribution in [3.05, 3.63) is 34.6 Å². The summed E-state index contributed by atoms with van der Waals surface area (Å²) in [5.74, 6) is -1.85. The fourth-order valence-corrected chi connectivity index (χ4v) is 2.43. The number of nitrogens with zero attached hydrogens (tertiary/aromatic N) is 1. The fraction of sp³-hybridized carbons (Fsp3) is 0.500. The number of benzene rings is 1. The minimum absolute atomic E-state index is 0.0103. The number of halogens is 2. The molecule has 0 fully saturated rings. The summed E-state index contributed by atoms with van der Waals surface area (Å²) >= 11 is 5.93. The lowest BCUT2D eigenvalue weighted by molar-refractivity contribution is -0.143. The maximum atomic E-state index is 14.0. The number of rotatable bonds is 8. The Bertz CT molecular complexity index is 529. The van der Waals surface area contributed by atoms with Gasteiger partial charge < -0.3 is 14.7 Å². The predicted molar refractivity (Wildman–Crippen MR) is 84.9 cm³/mol. The van der Waals surface area contributed by atoms with Crippen molar-refractivity contribution in [2.24, 2.45) is 0 Å². The molecule has 5 nitrogen and oxygen atoms in total. The minimum atomic E-state index is -0.739. The summed E-state index contributed by atoms with van der Waals surface area (Å²) in [6, 6.07) is 3.43. The average Bonchev–Trinajstić information content (AvgIpc) is 2.51. The second kappa shape index (κ2) is 9.47. The van der Waals surface area contributed by atoms with Gasteiger partial charge in [0, 0.05) is 6.54 Å². The molecule has 0 aromatic heterocycles. The highest BCUT2D eigenvalue weighted by Gasteiger charge is 2.27. The zero-order valence-electron chi connectivity index (χ0n) is 13.2. The summed E-state index contributed by atoms with van der Waals surface area (Å²) in [7, 11) is 0. The monoisotopic (exact) mass is 345 g/mol. The molecular formula is C16H21ClFNO4. The molecule has 0 aliphatic carbocycles. The molecule has 1 unspecified atom stereocenters. The van der Waals surface area contributed by atoms with Crippen molar-refractivity contribution in [2.75, 3.05) is 19.8 Å². The summed E-state index contributed by atoms with van der Waals surface area (Å²) < 4.78 is 18.8. The predicted octanol–water partition coefficient (Wildman–Crippen LogP) is 2.65. The summed E-state index contributed by atoms with van der Waals surface area (Å²) in [5.41, 5.74) is -0.259. The largest absolute Gasteiger partial charge is 0.466 e. The van der Waals surface area contributed by atoms with Crippen molar-refractivity contribution in [3.63, 3.8) is 0 Å². The van der Waals surface area contributed by atoms with Crippen LogP contribution in [0.15, 0.2) is 18.2 Å². The quantitative estimate of drug-likeness (QED) is 0.735. The smallest absolute Gasteiger partial charge is 0.307 e. The number of carbonyl (C=O) groups is 2. The van der Waals surface area contributed by atoms with Gasteiger partial charge in [0.15, 0.2) is 0 Å². The highest BCUT2D eigenvalue weighted by Crippen LogP contribution is 2.22. The summed E-state index contributed by atoms with van der Waals surface area (Å²) in [4.78, 5) is 25.4. The van der Waals surface area contributed by atoms with Crippen LogP contribution in [0.2, 0.25) is 5.02 Å². The molecule has 0 aliphatic heterocycles. The van der Waals surface area contributed by atoms with Crippen LogP contribution in [0.1, 0.15) is 37.0 Å². The second-order valence-electron chi connectivity index (χ2n) is 4.89. The first kappa shape index (κ1) is 19.4. The van der Waals surface area contributed by atoms with Gasteiger partial charge in [0.2, 0.25) is 0 Å². The number of hydrogen-bond acceptors (Lipinski definition) is 4. The maximum Gasteiger partial charge on any atom is 0.307 e. The maximum absolute atomic E-state index is 14.0. The molecule has 1 rings (SSSR count). The standard InChI is InChI=1S/C16H21ClFNO4/c1-3-11(10-20)19(9-8-14(21)23-4-2)16(22)15-12(17)6-5-7-13(15)18/h5-7,11,20H,3-4,8-10H2,1-2H3. The summed E-state index contributed by atoms with van der Waals surface area (Å²) in [6.45, 7) is 3.43. The first-order valence-electron chi connectivity index (χ1n) is 7.47. The van der Waals surface area contributed by atoms with Gasteiger partial charge in [-0.05, 0) is 25.5 Å². The topological polar surface area (TPSA) is 66.8 Å². The molecular weight excluding hydrogens is 325 g/mol. The van der Waals surface area contributed by atoms with Gasteiger partial charge >= 0.3 is 5.97 Å². The van der Waals surface area contributed by atoms with Crippen molar-refractivity contribution >= 4 is 23.5 Å². The number of esters is 1. The third-order valence-corrected chi connectivity index (χ3v) is 3.74. The zero-order valence-corrected chi connectivity index (χ0v) is 14.0. The van der Waals surface area contributed by atoms with Gasteiger partial charge in [-0.1, -0.05) is 24.6 Å². The summed E-state index contributed by atoms with van der Waals surface area (Å²) in [6.07, 6.45) is 0.416. The Kier molecular flexibility index (Phi) is 7.98. The number of hydrogen-bond donors (Lipinski definition) is 1. The Labute approximate surface area is 140 Å². The number of aliphatic hydroxyl groups is 1. The van der Waals surface area contributed by atoms with E-state index < -0.39 is 23.7 Å². The van der Waals surface area contributed by atoms with Crippen LogP contribution in [0.25, 0.3) is 0 Å². The van der Waals surface area contributed by atoms with Crippen LogP contribution in [-0.2, 0) is 9.53 Å². The molecule has 23 heavy (non-hydrogen) atoms. The second-order valence-corrected chi connectivity index (χ2v) is 5.30. The number of ether oxygens (including phenoxy) is 1. The van der Waals surface area contributed by atoms with Crippen LogP contribution < -0.4 is 0 Å². The van der Waals surface area contributed by atoms with Crippen molar-refractivity contribution in [1.29, 1.82) is 0 Å². The Morgan fingerprint density at radius 1 is 1.39 bits per heavy atom. The molecule has 0 radical (unpaired) electrons. The van der Waals surface area contributed by atoms with E-state index in [-0.39, 0.29) is 36.8 Å². The fourth-order valence-electron chi connectivity index (χ4n) is 2.19. The molecule has 0 aliphatic rings. The van der Waals surface area contributed by atoms with E-state index in [0.29, 0.717) is 6.42 Å². The van der Waals surface area contributed by atoms with Crippen LogP contribution in [0, 0.1) is 5.82 Å². The minimum Gasteiger partial charge on any atom is -0.466 e. The Morgan fingerprint density at radius 2 is 2.09 bits per heavy atom. The molecule has 1 aromatic carbocycles. The van der Waals surface area contributed by atoms with Gasteiger partial charge in [0.05, 0.1) is 36.3 Å². The molecule has 128 valence electrons. The SMILES string of the molecule is CCOC(=O)CCN(C(=O)c1c(F)cccc1Cl)C(CC)CO. The van der Waals surface area contributed by atoms with E-state index in [1.54, 1.807) is 13.8 Å². The third-order valence-electron chi connectivity index (χ3n) is 3.42. The zero-order chi connectivity index (χ0) is 17.4. The Hall–Kier alpha value is -1.66. The molecule has 0 saturated carbocycles. The molecule has 1 aromatic rings. The van der Waals surface area contributed by atoms with Crippen LogP contribution >= 0.6 is 11.6 Å². The van der Waals surface area contributed by atoms with E-state index in [4.69, 9.17) is 16.3 Å². The van der Waals surface area contributed by atoms with Gasteiger partial charge in [-0.25, -0.2) is 4.39 Å². The molecule has 0 bridgehead atoms. The normalized spacial score (nSPS) is 11.9. The van der Waals surface area contributed by atoms with E-state index in [1.807, 2.05) is 0 Å². The third kappa shape index (κ3) is 5.18. The number of amides is 1.